The fraction of sp³-hybridized carbons (Fsp3) is 0.321. The zero-order valence-corrected chi connectivity index (χ0v) is 19.6. The molecule has 5 rings (SSSR count). The summed E-state index contributed by atoms with van der Waals surface area (Å²) in [5.74, 6) is -1.12. The van der Waals surface area contributed by atoms with Crippen LogP contribution in [0.1, 0.15) is 44.7 Å². The van der Waals surface area contributed by atoms with Gasteiger partial charge in [0.05, 0.1) is 23.7 Å². The Morgan fingerprint density at radius 3 is 2.56 bits per heavy atom. The molecule has 0 N–H and O–H groups in total. The number of fused-ring (bicyclic) bond motifs is 4. The molecule has 34 heavy (non-hydrogen) atoms. The quantitative estimate of drug-likeness (QED) is 0.210. The molecule has 0 saturated heterocycles. The smallest absolute Gasteiger partial charge is 0.321 e. The van der Waals surface area contributed by atoms with Crippen molar-refractivity contribution in [3.63, 3.8) is 0 Å². The number of unbranched alkanes of at least 4 members (excludes halogenated alkanes) is 2. The molecule has 0 fully saturated rings. The lowest BCUT2D eigenvalue weighted by molar-refractivity contribution is -0.153. The van der Waals surface area contributed by atoms with Crippen LogP contribution in [0, 0.1) is 5.92 Å². The van der Waals surface area contributed by atoms with Crippen molar-refractivity contribution in [2.24, 2.45) is 5.92 Å². The number of anilines is 1. The summed E-state index contributed by atoms with van der Waals surface area (Å²) in [6.07, 6.45) is 2.89. The number of carbonyl (C=O) groups is 2. The first kappa shape index (κ1) is 22.1. The van der Waals surface area contributed by atoms with Crippen molar-refractivity contribution in [2.45, 2.75) is 39.2 Å². The Hall–Kier alpha value is -3.67. The van der Waals surface area contributed by atoms with Gasteiger partial charge in [0.1, 0.15) is 0 Å². The van der Waals surface area contributed by atoms with Crippen LogP contribution in [0.5, 0.6) is 0 Å². The number of rotatable bonds is 7. The molecule has 0 saturated carbocycles. The highest BCUT2D eigenvalue weighted by Crippen LogP contribution is 2.43. The molecule has 0 spiro atoms. The van der Waals surface area contributed by atoms with Gasteiger partial charge in [0.2, 0.25) is 11.9 Å². The van der Waals surface area contributed by atoms with Gasteiger partial charge >= 0.3 is 5.97 Å². The van der Waals surface area contributed by atoms with Crippen LogP contribution in [-0.2, 0) is 14.3 Å². The van der Waals surface area contributed by atoms with Gasteiger partial charge in [0, 0.05) is 6.54 Å². The van der Waals surface area contributed by atoms with E-state index in [2.05, 4.69) is 11.5 Å². The molecule has 0 bridgehead atoms. The summed E-state index contributed by atoms with van der Waals surface area (Å²) in [5, 5.41) is 2.08. The number of hydrogen-bond donors (Lipinski definition) is 0. The fourth-order valence-electron chi connectivity index (χ4n) is 5.07. The van der Waals surface area contributed by atoms with E-state index in [1.165, 1.54) is 0 Å². The van der Waals surface area contributed by atoms with Crippen LogP contribution in [0.25, 0.3) is 21.8 Å². The standard InChI is InChI=1S/C28H29N3O3/c1-3-5-10-18-30-26(32)24(27(33)34-4-2)25(21-15-11-13-19-12-6-7-14-20(19)21)31-23-17-9-8-16-22(23)29-28(30)31/h6-9,11-17,24-25H,3-5,10,18H2,1-2H3/t24-,25-/m0/s1. The van der Waals surface area contributed by atoms with E-state index in [1.54, 1.807) is 11.8 Å². The van der Waals surface area contributed by atoms with Crippen molar-refractivity contribution in [1.29, 1.82) is 0 Å². The first-order chi connectivity index (χ1) is 16.7. The van der Waals surface area contributed by atoms with Crippen molar-refractivity contribution >= 4 is 39.6 Å². The first-order valence-electron chi connectivity index (χ1n) is 12.1. The molecule has 3 aromatic carbocycles. The van der Waals surface area contributed by atoms with Gasteiger partial charge in [-0.05, 0) is 41.8 Å². The van der Waals surface area contributed by atoms with Crippen LogP contribution >= 0.6 is 0 Å². The van der Waals surface area contributed by atoms with Gasteiger partial charge < -0.3 is 9.30 Å². The van der Waals surface area contributed by atoms with Crippen LogP contribution in [0.4, 0.5) is 5.95 Å². The zero-order valence-electron chi connectivity index (χ0n) is 19.6. The van der Waals surface area contributed by atoms with E-state index in [9.17, 15) is 9.59 Å². The third-order valence-corrected chi connectivity index (χ3v) is 6.61. The lowest BCUT2D eigenvalue weighted by Gasteiger charge is -2.38. The molecule has 174 valence electrons. The van der Waals surface area contributed by atoms with Crippen LogP contribution in [-0.4, -0.2) is 34.6 Å². The summed E-state index contributed by atoms with van der Waals surface area (Å²) in [4.78, 5) is 33.9. The molecular weight excluding hydrogens is 426 g/mol. The fourth-order valence-corrected chi connectivity index (χ4v) is 5.07. The molecule has 4 aromatic rings. The maximum absolute atomic E-state index is 14.0. The molecule has 0 radical (unpaired) electrons. The SMILES string of the molecule is CCCCCN1C(=O)[C@@H](C(=O)OCC)[C@H](c2cccc3ccccc23)n2c1nc1ccccc12. The number of para-hydroxylation sites is 2. The van der Waals surface area contributed by atoms with Crippen LogP contribution in [0.3, 0.4) is 0 Å². The third-order valence-electron chi connectivity index (χ3n) is 6.61. The molecule has 0 unspecified atom stereocenters. The zero-order chi connectivity index (χ0) is 23.7. The number of imidazole rings is 1. The summed E-state index contributed by atoms with van der Waals surface area (Å²) >= 11 is 0. The van der Waals surface area contributed by atoms with Crippen molar-refractivity contribution < 1.29 is 14.3 Å². The van der Waals surface area contributed by atoms with Crippen LogP contribution in [0.2, 0.25) is 0 Å². The molecule has 2 heterocycles. The first-order valence-corrected chi connectivity index (χ1v) is 12.1. The summed E-state index contributed by atoms with van der Waals surface area (Å²) < 4.78 is 7.55. The number of aromatic nitrogens is 2. The number of nitrogens with zero attached hydrogens (tertiary/aromatic N) is 3. The molecule has 0 aliphatic carbocycles. The Kier molecular flexibility index (Phi) is 6.05. The minimum atomic E-state index is -0.988. The van der Waals surface area contributed by atoms with Gasteiger partial charge in [-0.25, -0.2) is 4.98 Å². The van der Waals surface area contributed by atoms with Gasteiger partial charge in [-0.1, -0.05) is 74.4 Å². The predicted molar refractivity (Wildman–Crippen MR) is 134 cm³/mol. The van der Waals surface area contributed by atoms with E-state index in [0.29, 0.717) is 12.5 Å². The molecular formula is C28H29N3O3. The van der Waals surface area contributed by atoms with Gasteiger partial charge in [-0.3, -0.25) is 14.5 Å². The molecule has 6 heteroatoms. The average Bonchev–Trinajstić information content (AvgIpc) is 3.24. The number of hydrogen-bond acceptors (Lipinski definition) is 4. The highest BCUT2D eigenvalue weighted by Gasteiger charge is 2.48. The second-order valence-corrected chi connectivity index (χ2v) is 8.71. The Balaban J connectivity index is 1.79. The highest BCUT2D eigenvalue weighted by atomic mass is 16.5. The number of esters is 1. The second-order valence-electron chi connectivity index (χ2n) is 8.71. The van der Waals surface area contributed by atoms with Crippen LogP contribution < -0.4 is 4.90 Å². The van der Waals surface area contributed by atoms with Gasteiger partial charge in [-0.2, -0.15) is 0 Å². The van der Waals surface area contributed by atoms with Crippen molar-refractivity contribution in [1.82, 2.24) is 9.55 Å². The minimum Gasteiger partial charge on any atom is -0.465 e. The Bertz CT molecular complexity index is 1350. The van der Waals surface area contributed by atoms with Crippen LogP contribution in [0.15, 0.2) is 66.7 Å². The van der Waals surface area contributed by atoms with E-state index in [0.717, 1.165) is 46.6 Å². The largest absolute Gasteiger partial charge is 0.465 e. The summed E-state index contributed by atoms with van der Waals surface area (Å²) in [5.41, 5.74) is 2.63. The Labute approximate surface area is 199 Å². The van der Waals surface area contributed by atoms with E-state index < -0.39 is 17.9 Å². The van der Waals surface area contributed by atoms with Crippen molar-refractivity contribution in [3.8, 4) is 0 Å². The summed E-state index contributed by atoms with van der Waals surface area (Å²) in [6, 6.07) is 21.4. The normalized spacial score (nSPS) is 17.8. The molecule has 1 aromatic heterocycles. The average molecular weight is 456 g/mol. The van der Waals surface area contributed by atoms with Gasteiger partial charge in [-0.15, -0.1) is 0 Å². The van der Waals surface area contributed by atoms with E-state index in [4.69, 9.17) is 9.72 Å². The lowest BCUT2D eigenvalue weighted by Crippen LogP contribution is -2.50. The van der Waals surface area contributed by atoms with E-state index in [1.807, 2.05) is 66.7 Å². The summed E-state index contributed by atoms with van der Waals surface area (Å²) in [7, 11) is 0. The van der Waals surface area contributed by atoms with Crippen molar-refractivity contribution in [2.75, 3.05) is 18.1 Å². The number of benzene rings is 3. The number of carbonyl (C=O) groups excluding carboxylic acids is 2. The minimum absolute atomic E-state index is 0.220. The monoisotopic (exact) mass is 455 g/mol. The maximum Gasteiger partial charge on any atom is 0.321 e. The van der Waals surface area contributed by atoms with Gasteiger partial charge in [0.25, 0.3) is 0 Å². The van der Waals surface area contributed by atoms with E-state index in [-0.39, 0.29) is 12.5 Å². The maximum atomic E-state index is 14.0. The molecule has 1 aliphatic heterocycles. The van der Waals surface area contributed by atoms with Crippen molar-refractivity contribution in [3.05, 3.63) is 72.3 Å². The third kappa shape index (κ3) is 3.63. The Morgan fingerprint density at radius 1 is 0.971 bits per heavy atom. The molecule has 1 amide bonds. The predicted octanol–water partition coefficient (Wildman–Crippen LogP) is 5.50. The molecule has 2 atom stereocenters. The number of amides is 1. The second kappa shape index (κ2) is 9.29. The molecule has 6 nitrogen and oxygen atoms in total. The van der Waals surface area contributed by atoms with E-state index >= 15 is 0 Å². The van der Waals surface area contributed by atoms with Gasteiger partial charge in [0.15, 0.2) is 5.92 Å². The Morgan fingerprint density at radius 2 is 1.74 bits per heavy atom. The highest BCUT2D eigenvalue weighted by molar-refractivity contribution is 6.09. The molecule has 1 aliphatic rings. The topological polar surface area (TPSA) is 64.4 Å². The number of ether oxygens (including phenoxy) is 1. The summed E-state index contributed by atoms with van der Waals surface area (Å²) in [6.45, 7) is 4.65. The lowest BCUT2D eigenvalue weighted by atomic mass is 9.86.